The monoisotopic (exact) mass is 374 g/mol. The second-order valence-corrected chi connectivity index (χ2v) is 11.7. The van der Waals surface area contributed by atoms with E-state index in [0.29, 0.717) is 22.0 Å². The summed E-state index contributed by atoms with van der Waals surface area (Å²) in [7, 11) is 0. The van der Waals surface area contributed by atoms with Crippen LogP contribution < -0.4 is 0 Å². The van der Waals surface area contributed by atoms with Gasteiger partial charge < -0.3 is 5.11 Å². The Morgan fingerprint density at radius 3 is 2.32 bits per heavy atom. The molecule has 6 rings (SSSR count). The lowest BCUT2D eigenvalue weighted by Gasteiger charge is -2.69. The van der Waals surface area contributed by atoms with Crippen molar-refractivity contribution in [3.8, 4) is 16.9 Å². The molecule has 0 saturated heterocycles. The maximum Gasteiger partial charge on any atom is 0.123 e. The molecule has 28 heavy (non-hydrogen) atoms. The predicted molar refractivity (Wildman–Crippen MR) is 116 cm³/mol. The van der Waals surface area contributed by atoms with E-state index >= 15 is 0 Å². The molecule has 2 aromatic rings. The summed E-state index contributed by atoms with van der Waals surface area (Å²) in [5.74, 6) is 1.26. The molecule has 0 radical (unpaired) electrons. The molecule has 4 atom stereocenters. The van der Waals surface area contributed by atoms with Gasteiger partial charge in [0.15, 0.2) is 0 Å². The van der Waals surface area contributed by atoms with Gasteiger partial charge in [0.25, 0.3) is 0 Å². The smallest absolute Gasteiger partial charge is 0.123 e. The van der Waals surface area contributed by atoms with Gasteiger partial charge in [-0.3, -0.25) is 0 Å². The van der Waals surface area contributed by atoms with E-state index in [1.807, 2.05) is 12.1 Å². The van der Waals surface area contributed by atoms with E-state index in [-0.39, 0.29) is 5.41 Å². The molecule has 2 aromatic carbocycles. The molecule has 1 nitrogen and oxygen atoms in total. The van der Waals surface area contributed by atoms with E-state index in [4.69, 9.17) is 0 Å². The first-order chi connectivity index (χ1) is 13.1. The zero-order valence-corrected chi connectivity index (χ0v) is 17.9. The minimum atomic E-state index is 0.276. The van der Waals surface area contributed by atoms with Crippen LogP contribution in [0, 0.1) is 22.2 Å². The van der Waals surface area contributed by atoms with Crippen molar-refractivity contribution in [3.63, 3.8) is 0 Å². The third-order valence-corrected chi connectivity index (χ3v) is 8.63. The first-order valence-corrected chi connectivity index (χ1v) is 11.0. The Morgan fingerprint density at radius 1 is 0.893 bits per heavy atom. The van der Waals surface area contributed by atoms with Crippen LogP contribution in [0.4, 0.5) is 0 Å². The molecular formula is C27H34O. The van der Waals surface area contributed by atoms with Gasteiger partial charge in [-0.05, 0) is 89.4 Å². The number of rotatable bonds is 2. The zero-order chi connectivity index (χ0) is 19.8. The Balaban J connectivity index is 1.64. The molecule has 0 aromatic heterocycles. The third-order valence-electron chi connectivity index (χ3n) is 8.63. The molecule has 148 valence electrons. The first kappa shape index (κ1) is 18.3. The van der Waals surface area contributed by atoms with Crippen LogP contribution in [0.5, 0.6) is 5.75 Å². The number of hydrogen-bond acceptors (Lipinski definition) is 1. The van der Waals surface area contributed by atoms with Crippen molar-refractivity contribution in [2.24, 2.45) is 22.2 Å². The summed E-state index contributed by atoms with van der Waals surface area (Å²) in [6.07, 6.45) is 8.18. The van der Waals surface area contributed by atoms with Crippen molar-refractivity contribution in [1.82, 2.24) is 0 Å². The Bertz CT molecular complexity index is 908. The summed E-state index contributed by atoms with van der Waals surface area (Å²) in [6.45, 7) is 9.99. The maximum atomic E-state index is 10.6. The van der Waals surface area contributed by atoms with Crippen molar-refractivity contribution in [3.05, 3.63) is 54.1 Å². The van der Waals surface area contributed by atoms with Crippen LogP contribution in [-0.4, -0.2) is 5.11 Å². The van der Waals surface area contributed by atoms with Crippen LogP contribution in [0.25, 0.3) is 11.1 Å². The molecule has 0 heterocycles. The van der Waals surface area contributed by atoms with Crippen LogP contribution in [0.15, 0.2) is 48.5 Å². The predicted octanol–water partition coefficient (Wildman–Crippen LogP) is 7.33. The summed E-state index contributed by atoms with van der Waals surface area (Å²) in [6, 6.07) is 16.9. The maximum absolute atomic E-state index is 10.6. The Labute approximate surface area is 170 Å². The molecule has 1 heteroatoms. The molecular weight excluding hydrogens is 340 g/mol. The molecule has 4 saturated carbocycles. The minimum Gasteiger partial charge on any atom is -0.507 e. The molecule has 1 N–H and O–H groups in total. The summed E-state index contributed by atoms with van der Waals surface area (Å²) in [4.78, 5) is 0. The van der Waals surface area contributed by atoms with Gasteiger partial charge in [-0.15, -0.1) is 0 Å². The van der Waals surface area contributed by atoms with Gasteiger partial charge in [-0.1, -0.05) is 64.1 Å². The van der Waals surface area contributed by atoms with Gasteiger partial charge in [-0.2, -0.15) is 0 Å². The van der Waals surface area contributed by atoms with Gasteiger partial charge >= 0.3 is 0 Å². The van der Waals surface area contributed by atoms with E-state index in [1.165, 1.54) is 44.1 Å². The Hall–Kier alpha value is -1.76. The number of phenols is 1. The highest BCUT2D eigenvalue weighted by molar-refractivity contribution is 5.71. The molecule has 4 fully saturated rings. The van der Waals surface area contributed by atoms with Crippen molar-refractivity contribution in [2.75, 3.05) is 0 Å². The lowest BCUT2D eigenvalue weighted by Crippen LogP contribution is -2.61. The van der Waals surface area contributed by atoms with Gasteiger partial charge in [0, 0.05) is 5.56 Å². The minimum absolute atomic E-state index is 0.276. The van der Waals surface area contributed by atoms with E-state index in [1.54, 1.807) is 0 Å². The van der Waals surface area contributed by atoms with Crippen LogP contribution in [0.2, 0.25) is 0 Å². The average molecular weight is 375 g/mol. The summed E-state index contributed by atoms with van der Waals surface area (Å²) in [5, 5.41) is 10.6. The van der Waals surface area contributed by atoms with Crippen LogP contribution in [0.1, 0.15) is 71.8 Å². The van der Waals surface area contributed by atoms with Crippen LogP contribution in [-0.2, 0) is 5.41 Å². The fourth-order valence-corrected chi connectivity index (χ4v) is 7.79. The lowest BCUT2D eigenvalue weighted by atomic mass is 9.35. The SMILES string of the molecule is CC12CC3CC(c4ccc(O)c(-c5ccccc5)c4)(C1)CC(C(C)(C)C)(C3)C2. The van der Waals surface area contributed by atoms with E-state index in [2.05, 4.69) is 64.1 Å². The molecule has 0 spiro atoms. The van der Waals surface area contributed by atoms with Crippen LogP contribution >= 0.6 is 0 Å². The van der Waals surface area contributed by atoms with E-state index < -0.39 is 0 Å². The lowest BCUT2D eigenvalue weighted by molar-refractivity contribution is -0.163. The van der Waals surface area contributed by atoms with Gasteiger partial charge in [0.2, 0.25) is 0 Å². The highest BCUT2D eigenvalue weighted by Crippen LogP contribution is 2.73. The number of benzene rings is 2. The van der Waals surface area contributed by atoms with Crippen LogP contribution in [0.3, 0.4) is 0 Å². The Kier molecular flexibility index (Phi) is 3.69. The molecule has 4 aliphatic rings. The number of hydrogen-bond donors (Lipinski definition) is 1. The first-order valence-electron chi connectivity index (χ1n) is 11.0. The number of phenolic OH excluding ortho intramolecular Hbond substituents is 1. The van der Waals surface area contributed by atoms with Crippen molar-refractivity contribution < 1.29 is 5.11 Å². The third kappa shape index (κ3) is 2.58. The molecule has 4 aliphatic carbocycles. The highest BCUT2D eigenvalue weighted by Gasteiger charge is 2.64. The van der Waals surface area contributed by atoms with E-state index in [9.17, 15) is 5.11 Å². The van der Waals surface area contributed by atoms with Crippen molar-refractivity contribution in [2.45, 2.75) is 71.6 Å². The summed E-state index contributed by atoms with van der Waals surface area (Å²) in [5.41, 5.74) is 5.11. The average Bonchev–Trinajstić information content (AvgIpc) is 2.60. The highest BCUT2D eigenvalue weighted by atomic mass is 16.3. The standard InChI is InChI=1S/C27H34O/c1-24(2,3)27-15-19-13-25(4,17-27)16-26(14-19,18-27)21-10-11-23(28)22(12-21)20-8-6-5-7-9-20/h5-12,19,28H,13-18H2,1-4H3. The quantitative estimate of drug-likeness (QED) is 0.583. The largest absolute Gasteiger partial charge is 0.507 e. The molecule has 4 unspecified atom stereocenters. The fourth-order valence-electron chi connectivity index (χ4n) is 7.79. The topological polar surface area (TPSA) is 20.2 Å². The molecule has 4 bridgehead atoms. The Morgan fingerprint density at radius 2 is 1.64 bits per heavy atom. The van der Waals surface area contributed by atoms with Gasteiger partial charge in [0.1, 0.15) is 5.75 Å². The summed E-state index contributed by atoms with van der Waals surface area (Å²) >= 11 is 0. The van der Waals surface area contributed by atoms with E-state index in [0.717, 1.165) is 17.0 Å². The number of aromatic hydroxyl groups is 1. The summed E-state index contributed by atoms with van der Waals surface area (Å²) < 4.78 is 0. The fraction of sp³-hybridized carbons (Fsp3) is 0.556. The van der Waals surface area contributed by atoms with Gasteiger partial charge in [-0.25, -0.2) is 0 Å². The normalized spacial score (nSPS) is 36.6. The van der Waals surface area contributed by atoms with Crippen molar-refractivity contribution in [1.29, 1.82) is 0 Å². The molecule has 0 amide bonds. The zero-order valence-electron chi connectivity index (χ0n) is 17.9. The molecule has 0 aliphatic heterocycles. The second-order valence-electron chi connectivity index (χ2n) is 11.7. The van der Waals surface area contributed by atoms with Crippen molar-refractivity contribution >= 4 is 0 Å². The van der Waals surface area contributed by atoms with Gasteiger partial charge in [0.05, 0.1) is 0 Å². The second kappa shape index (κ2) is 5.65.